The summed E-state index contributed by atoms with van der Waals surface area (Å²) in [6.45, 7) is 28.7. The topological polar surface area (TPSA) is 28.3 Å². The predicted molar refractivity (Wildman–Crippen MR) is 241 cm³/mol. The molecule has 0 N–H and O–H groups in total. The molecule has 7 aromatic carbocycles. The third-order valence-corrected chi connectivity index (χ3v) is 11.8. The molecule has 0 bridgehead atoms. The van der Waals surface area contributed by atoms with Gasteiger partial charge in [0.15, 0.2) is 17.0 Å². The molecule has 1 heterocycles. The largest absolute Gasteiger partial charge is 0.454 e. The smallest absolute Gasteiger partial charge is 0.187 e. The van der Waals surface area contributed by atoms with Crippen molar-refractivity contribution in [2.45, 2.75) is 58.8 Å². The van der Waals surface area contributed by atoms with Crippen molar-refractivity contribution in [1.82, 2.24) is 0 Å². The standard InChI is InChI=1S/C53H44N4O/c1-33(2)35-13-21-39(22-14-35)56(40-25-17-37(54-7)18-26-40)43-29-30-44-46-32-48(52-50(45-11-9-10-12-49(45)58-52)51(46)53(5,6)47(44)31-43)57(42-27-19-38(55-8)20-28-42)41-23-15-36(16-24-41)34(3)4/h9-34H,1-6H3. The Labute approximate surface area is 341 Å². The molecule has 9 rings (SSSR count). The highest BCUT2D eigenvalue weighted by molar-refractivity contribution is 6.16. The van der Waals surface area contributed by atoms with Gasteiger partial charge in [0.05, 0.1) is 18.8 Å². The molecule has 0 unspecified atom stereocenters. The van der Waals surface area contributed by atoms with Crippen molar-refractivity contribution in [2.75, 3.05) is 9.80 Å². The summed E-state index contributed by atoms with van der Waals surface area (Å²) in [5.41, 5.74) is 15.9. The van der Waals surface area contributed by atoms with Crippen molar-refractivity contribution in [3.8, 4) is 11.1 Å². The van der Waals surface area contributed by atoms with Crippen LogP contribution in [0.3, 0.4) is 0 Å². The van der Waals surface area contributed by atoms with E-state index in [0.717, 1.165) is 56.1 Å². The zero-order chi connectivity index (χ0) is 40.3. The fraction of sp³-hybridized carbons (Fsp3) is 0.170. The number of benzene rings is 7. The summed E-state index contributed by atoms with van der Waals surface area (Å²) in [5.74, 6) is 0.827. The number of rotatable bonds is 8. The number of anilines is 6. The third kappa shape index (κ3) is 5.99. The van der Waals surface area contributed by atoms with Gasteiger partial charge in [-0.1, -0.05) is 114 Å². The van der Waals surface area contributed by atoms with Gasteiger partial charge in [0.2, 0.25) is 0 Å². The summed E-state index contributed by atoms with van der Waals surface area (Å²) in [7, 11) is 0. The lowest BCUT2D eigenvalue weighted by Crippen LogP contribution is -2.17. The van der Waals surface area contributed by atoms with Gasteiger partial charge in [0, 0.05) is 44.6 Å². The van der Waals surface area contributed by atoms with Crippen molar-refractivity contribution < 1.29 is 4.42 Å². The monoisotopic (exact) mass is 752 g/mol. The summed E-state index contributed by atoms with van der Waals surface area (Å²) in [4.78, 5) is 11.9. The van der Waals surface area contributed by atoms with E-state index in [-0.39, 0.29) is 5.41 Å². The average molecular weight is 753 g/mol. The van der Waals surface area contributed by atoms with Gasteiger partial charge >= 0.3 is 0 Å². The zero-order valence-electron chi connectivity index (χ0n) is 33.7. The van der Waals surface area contributed by atoms with Crippen LogP contribution in [0.15, 0.2) is 150 Å². The summed E-state index contributed by atoms with van der Waals surface area (Å²) in [6, 6.07) is 50.9. The van der Waals surface area contributed by atoms with Gasteiger partial charge < -0.3 is 14.2 Å². The molecule has 58 heavy (non-hydrogen) atoms. The Balaban J connectivity index is 1.28. The van der Waals surface area contributed by atoms with Crippen LogP contribution >= 0.6 is 0 Å². The minimum Gasteiger partial charge on any atom is -0.454 e. The Morgan fingerprint density at radius 1 is 0.534 bits per heavy atom. The number of nitrogens with zero attached hydrogens (tertiary/aromatic N) is 4. The second kappa shape index (κ2) is 14.1. The first-order chi connectivity index (χ1) is 28.1. The fourth-order valence-electron chi connectivity index (χ4n) is 8.71. The Kier molecular flexibility index (Phi) is 8.91. The molecule has 1 aliphatic carbocycles. The first-order valence-electron chi connectivity index (χ1n) is 20.0. The van der Waals surface area contributed by atoms with Gasteiger partial charge in [-0.15, -0.1) is 0 Å². The molecule has 0 atom stereocenters. The van der Waals surface area contributed by atoms with Crippen molar-refractivity contribution in [2.24, 2.45) is 0 Å². The van der Waals surface area contributed by atoms with Crippen molar-refractivity contribution in [3.05, 3.63) is 191 Å². The van der Waals surface area contributed by atoms with Crippen LogP contribution in [-0.4, -0.2) is 0 Å². The van der Waals surface area contributed by atoms with E-state index in [2.05, 4.69) is 152 Å². The van der Waals surface area contributed by atoms with E-state index in [9.17, 15) is 0 Å². The molecule has 5 heteroatoms. The number of hydrogen-bond acceptors (Lipinski definition) is 3. The van der Waals surface area contributed by atoms with Gasteiger partial charge in [0.25, 0.3) is 0 Å². The van der Waals surface area contributed by atoms with E-state index in [1.165, 1.54) is 33.4 Å². The molecule has 0 saturated heterocycles. The van der Waals surface area contributed by atoms with Crippen molar-refractivity contribution in [1.29, 1.82) is 0 Å². The van der Waals surface area contributed by atoms with E-state index in [0.29, 0.717) is 23.2 Å². The molecule has 0 spiro atoms. The van der Waals surface area contributed by atoms with Crippen LogP contribution in [0, 0.1) is 13.1 Å². The molecule has 0 radical (unpaired) electrons. The summed E-state index contributed by atoms with van der Waals surface area (Å²) in [5, 5.41) is 2.20. The predicted octanol–water partition coefficient (Wildman–Crippen LogP) is 16.2. The van der Waals surface area contributed by atoms with Crippen molar-refractivity contribution in [3.63, 3.8) is 0 Å². The molecule has 5 nitrogen and oxygen atoms in total. The number of para-hydroxylation sites is 1. The summed E-state index contributed by atoms with van der Waals surface area (Å²) < 4.78 is 6.94. The molecule has 282 valence electrons. The second-order valence-electron chi connectivity index (χ2n) is 16.4. The van der Waals surface area contributed by atoms with Crippen molar-refractivity contribution >= 4 is 67.4 Å². The number of fused-ring (bicyclic) bond motifs is 7. The van der Waals surface area contributed by atoms with Gasteiger partial charge in [0.1, 0.15) is 5.58 Å². The van der Waals surface area contributed by atoms with E-state index in [4.69, 9.17) is 17.6 Å². The normalized spacial score (nSPS) is 12.7. The Morgan fingerprint density at radius 2 is 1.02 bits per heavy atom. The van der Waals surface area contributed by atoms with Crippen LogP contribution in [0.1, 0.15) is 75.6 Å². The SMILES string of the molecule is [C-]#[N+]c1ccc(N(c2ccc(C(C)C)cc2)c2ccc3c(c2)C(C)(C)c2c-3cc(N(c3ccc([N+]#[C-])cc3)c3ccc(C(C)C)cc3)c3oc4ccccc4c23)cc1. The highest BCUT2D eigenvalue weighted by Gasteiger charge is 2.40. The lowest BCUT2D eigenvalue weighted by molar-refractivity contribution is 0.657. The maximum Gasteiger partial charge on any atom is 0.187 e. The van der Waals surface area contributed by atoms with Crippen LogP contribution in [0.5, 0.6) is 0 Å². The number of hydrogen-bond donors (Lipinski definition) is 0. The van der Waals surface area contributed by atoms with E-state index in [1.54, 1.807) is 0 Å². The minimum atomic E-state index is -0.383. The highest BCUT2D eigenvalue weighted by Crippen LogP contribution is 2.57. The Morgan fingerprint density at radius 3 is 1.53 bits per heavy atom. The molecular formula is C53H44N4O. The van der Waals surface area contributed by atoms with Gasteiger partial charge in [-0.3, -0.25) is 0 Å². The summed E-state index contributed by atoms with van der Waals surface area (Å²) >= 11 is 0. The molecule has 0 fully saturated rings. The van der Waals surface area contributed by atoms with Crippen LogP contribution in [-0.2, 0) is 5.41 Å². The molecule has 1 aliphatic rings. The zero-order valence-corrected chi connectivity index (χ0v) is 33.7. The van der Waals surface area contributed by atoms with E-state index < -0.39 is 0 Å². The summed E-state index contributed by atoms with van der Waals surface area (Å²) in [6.07, 6.45) is 0. The van der Waals surface area contributed by atoms with Gasteiger partial charge in [-0.05, 0) is 118 Å². The third-order valence-electron chi connectivity index (χ3n) is 11.8. The maximum atomic E-state index is 7.64. The minimum absolute atomic E-state index is 0.383. The first kappa shape index (κ1) is 36.6. The Hall–Kier alpha value is -7.08. The van der Waals surface area contributed by atoms with Crippen LogP contribution in [0.25, 0.3) is 42.8 Å². The fourth-order valence-corrected chi connectivity index (χ4v) is 8.71. The average Bonchev–Trinajstić information content (AvgIpc) is 3.73. The first-order valence-corrected chi connectivity index (χ1v) is 20.0. The molecule has 0 saturated carbocycles. The van der Waals surface area contributed by atoms with Crippen LogP contribution < -0.4 is 9.80 Å². The Bertz CT molecular complexity index is 2920. The lowest BCUT2D eigenvalue weighted by Gasteiger charge is -2.29. The molecular weight excluding hydrogens is 709 g/mol. The van der Waals surface area contributed by atoms with Crippen LogP contribution in [0.4, 0.5) is 45.5 Å². The van der Waals surface area contributed by atoms with E-state index >= 15 is 0 Å². The number of furan rings is 1. The maximum absolute atomic E-state index is 7.64. The van der Waals surface area contributed by atoms with Gasteiger partial charge in [-0.25, -0.2) is 9.69 Å². The molecule has 0 amide bonds. The highest BCUT2D eigenvalue weighted by atomic mass is 16.3. The lowest BCUT2D eigenvalue weighted by atomic mass is 9.80. The molecule has 8 aromatic rings. The quantitative estimate of drug-likeness (QED) is 0.145. The van der Waals surface area contributed by atoms with E-state index in [1.807, 2.05) is 54.6 Å². The molecule has 1 aromatic heterocycles. The van der Waals surface area contributed by atoms with Crippen LogP contribution in [0.2, 0.25) is 0 Å². The molecule has 0 aliphatic heterocycles. The second-order valence-corrected chi connectivity index (χ2v) is 16.4. The van der Waals surface area contributed by atoms with Gasteiger partial charge in [-0.2, -0.15) is 0 Å².